The summed E-state index contributed by atoms with van der Waals surface area (Å²) in [4.78, 5) is 49.5. The summed E-state index contributed by atoms with van der Waals surface area (Å²) in [6.07, 6.45) is -1.51. The molecule has 230 valence electrons. The molecule has 0 N–H and O–H groups in total. The number of hydrogen-bond acceptors (Lipinski definition) is 5. The van der Waals surface area contributed by atoms with E-state index in [1.54, 1.807) is 60.5 Å². The number of aryl methyl sites for hydroxylation is 1. The normalized spacial score (nSPS) is 14.7. The van der Waals surface area contributed by atoms with Crippen LogP contribution in [0.3, 0.4) is 0 Å². The van der Waals surface area contributed by atoms with Gasteiger partial charge in [-0.3, -0.25) is 0 Å². The SMILES string of the molecule is Cc1ccc([I-]Cc2cccc(CN(C(=O)OC(C)(C)C)C(=NC(=O)OC(C)(C)C)N3CN(C)C(=O)N(C)C3)c2)cc1. The van der Waals surface area contributed by atoms with Crippen LogP contribution in [-0.2, 0) is 20.4 Å². The van der Waals surface area contributed by atoms with E-state index in [0.717, 1.165) is 9.99 Å². The Balaban J connectivity index is 1.98. The molecule has 11 heteroatoms. The molecular weight excluding hydrogens is 649 g/mol. The first kappa shape index (κ1) is 33.2. The first-order chi connectivity index (χ1) is 19.5. The van der Waals surface area contributed by atoms with Gasteiger partial charge < -0.3 is 0 Å². The van der Waals surface area contributed by atoms with Gasteiger partial charge in [0.05, 0.1) is 0 Å². The van der Waals surface area contributed by atoms with Gasteiger partial charge >= 0.3 is 261 Å². The van der Waals surface area contributed by atoms with Crippen LogP contribution in [0.2, 0.25) is 0 Å². The van der Waals surface area contributed by atoms with E-state index in [4.69, 9.17) is 9.47 Å². The third-order valence-electron chi connectivity index (χ3n) is 5.86. The minimum atomic E-state index is -0.843. The number of ether oxygens (including phenoxy) is 2. The topological polar surface area (TPSA) is 95.0 Å². The van der Waals surface area contributed by atoms with Gasteiger partial charge in [-0.25, -0.2) is 0 Å². The molecule has 0 spiro atoms. The Bertz CT molecular complexity index is 1290. The Labute approximate surface area is 259 Å². The van der Waals surface area contributed by atoms with E-state index < -0.39 is 23.4 Å². The van der Waals surface area contributed by atoms with Gasteiger partial charge in [-0.15, -0.1) is 0 Å². The van der Waals surface area contributed by atoms with Gasteiger partial charge in [0, 0.05) is 0 Å². The fourth-order valence-corrected chi connectivity index (χ4v) is 6.29. The number of guanidine groups is 1. The third-order valence-corrected chi connectivity index (χ3v) is 8.72. The van der Waals surface area contributed by atoms with Gasteiger partial charge in [-0.05, 0) is 0 Å². The fourth-order valence-electron chi connectivity index (χ4n) is 4.07. The van der Waals surface area contributed by atoms with Crippen molar-refractivity contribution < 1.29 is 45.1 Å². The summed E-state index contributed by atoms with van der Waals surface area (Å²) in [6.45, 7) is 13.0. The maximum atomic E-state index is 13.7. The molecule has 0 atom stereocenters. The number of nitrogens with zero attached hydrogens (tertiary/aromatic N) is 5. The van der Waals surface area contributed by atoms with E-state index in [0.29, 0.717) is 0 Å². The number of rotatable bonds is 5. The van der Waals surface area contributed by atoms with E-state index in [2.05, 4.69) is 48.3 Å². The van der Waals surface area contributed by atoms with Crippen molar-refractivity contribution in [2.24, 2.45) is 4.99 Å². The van der Waals surface area contributed by atoms with Crippen molar-refractivity contribution in [3.63, 3.8) is 0 Å². The molecule has 0 bridgehead atoms. The zero-order chi connectivity index (χ0) is 31.2. The van der Waals surface area contributed by atoms with E-state index in [9.17, 15) is 14.4 Å². The number of urea groups is 1. The second-order valence-electron chi connectivity index (χ2n) is 12.3. The molecule has 42 heavy (non-hydrogen) atoms. The molecule has 0 aliphatic carbocycles. The quantitative estimate of drug-likeness (QED) is 0.207. The van der Waals surface area contributed by atoms with Crippen LogP contribution in [0.4, 0.5) is 14.4 Å². The molecule has 0 unspecified atom stereocenters. The van der Waals surface area contributed by atoms with Crippen LogP contribution < -0.4 is 21.2 Å². The zero-order valence-corrected chi connectivity index (χ0v) is 28.3. The number of carbonyl (C=O) groups excluding carboxylic acids is 3. The molecule has 0 aromatic heterocycles. The summed E-state index contributed by atoms with van der Waals surface area (Å²) in [7, 11) is 3.29. The molecule has 1 aliphatic heterocycles. The van der Waals surface area contributed by atoms with Crippen LogP contribution in [0, 0.1) is 10.5 Å². The van der Waals surface area contributed by atoms with E-state index in [1.165, 1.54) is 29.4 Å². The summed E-state index contributed by atoms with van der Waals surface area (Å²) < 4.78 is 13.6. The Morgan fingerprint density at radius 2 is 1.48 bits per heavy atom. The molecule has 2 aromatic rings. The number of alkyl halides is 1. The summed E-state index contributed by atoms with van der Waals surface area (Å²) in [6, 6.07) is 16.5. The number of halogens is 1. The van der Waals surface area contributed by atoms with E-state index in [-0.39, 0.29) is 53.1 Å². The molecule has 2 aromatic carbocycles. The second kappa shape index (κ2) is 13.7. The minimum absolute atomic E-state index is 0.0437. The van der Waals surface area contributed by atoms with Crippen molar-refractivity contribution in [3.05, 3.63) is 68.8 Å². The number of hydrogen-bond donors (Lipinski definition) is 0. The Kier molecular flexibility index (Phi) is 10.9. The van der Waals surface area contributed by atoms with Crippen molar-refractivity contribution >= 4 is 24.2 Å². The number of benzene rings is 2. The van der Waals surface area contributed by atoms with Gasteiger partial charge in [-0.1, -0.05) is 0 Å². The van der Waals surface area contributed by atoms with Crippen molar-refractivity contribution in [1.82, 2.24) is 19.6 Å². The summed E-state index contributed by atoms with van der Waals surface area (Å²) in [5.41, 5.74) is 1.68. The van der Waals surface area contributed by atoms with Crippen molar-refractivity contribution in [3.8, 4) is 0 Å². The predicted octanol–water partition coefficient (Wildman–Crippen LogP) is 2.70. The molecule has 0 radical (unpaired) electrons. The van der Waals surface area contributed by atoms with Crippen molar-refractivity contribution in [2.75, 3.05) is 27.4 Å². The fraction of sp³-hybridized carbons (Fsp3) is 0.484. The first-order valence-corrected chi connectivity index (χ1v) is 16.4. The molecule has 1 aliphatic rings. The van der Waals surface area contributed by atoms with Crippen LogP contribution in [0.5, 0.6) is 0 Å². The Hall–Kier alpha value is -3.35. The third kappa shape index (κ3) is 10.2. The summed E-state index contributed by atoms with van der Waals surface area (Å²) in [5, 5.41) is 0. The molecule has 1 saturated heterocycles. The van der Waals surface area contributed by atoms with Crippen LogP contribution in [0.25, 0.3) is 0 Å². The number of carbonyl (C=O) groups is 3. The first-order valence-electron chi connectivity index (χ1n) is 13.8. The molecule has 4 amide bonds. The molecular formula is C31H43IN5O5-. The van der Waals surface area contributed by atoms with Crippen LogP contribution in [0.1, 0.15) is 58.2 Å². The van der Waals surface area contributed by atoms with E-state index in [1.807, 2.05) is 12.1 Å². The van der Waals surface area contributed by atoms with Gasteiger partial charge in [-0.2, -0.15) is 0 Å². The number of aliphatic imine (C=N–C) groups is 1. The van der Waals surface area contributed by atoms with Crippen LogP contribution >= 0.6 is 0 Å². The molecule has 10 nitrogen and oxygen atoms in total. The molecule has 0 saturated carbocycles. The number of amides is 4. The van der Waals surface area contributed by atoms with Gasteiger partial charge in [0.2, 0.25) is 0 Å². The Morgan fingerprint density at radius 3 is 2.05 bits per heavy atom. The van der Waals surface area contributed by atoms with Gasteiger partial charge in [0.25, 0.3) is 0 Å². The van der Waals surface area contributed by atoms with Gasteiger partial charge in [0.15, 0.2) is 0 Å². The predicted molar refractivity (Wildman–Crippen MR) is 158 cm³/mol. The Morgan fingerprint density at radius 1 is 0.905 bits per heavy atom. The maximum absolute atomic E-state index is 13.7. The van der Waals surface area contributed by atoms with E-state index >= 15 is 0 Å². The standard InChI is InChI=1S/C31H43IN5O5/c1-22-13-15-25(16-14-22)32-18-23-11-10-12-24(17-23)19-37(29(40)42-31(5,6)7)26(33-27(38)41-30(2,3)4)36-20-34(8)28(39)35(9)21-36/h10-17H,18-21H2,1-9H3/q-1. The van der Waals surface area contributed by atoms with Crippen LogP contribution in [-0.4, -0.2) is 82.4 Å². The molecule has 1 fully saturated rings. The van der Waals surface area contributed by atoms with Crippen molar-refractivity contribution in [2.45, 2.75) is 70.6 Å². The molecule has 3 rings (SSSR count). The zero-order valence-electron chi connectivity index (χ0n) is 26.1. The monoisotopic (exact) mass is 692 g/mol. The van der Waals surface area contributed by atoms with Crippen molar-refractivity contribution in [1.29, 1.82) is 0 Å². The van der Waals surface area contributed by atoms with Crippen LogP contribution in [0.15, 0.2) is 53.5 Å². The average molecular weight is 693 g/mol. The van der Waals surface area contributed by atoms with Gasteiger partial charge in [0.1, 0.15) is 0 Å². The second-order valence-corrected chi connectivity index (χ2v) is 15.1. The molecule has 1 heterocycles. The summed E-state index contributed by atoms with van der Waals surface area (Å²) in [5.74, 6) is 0.0437. The summed E-state index contributed by atoms with van der Waals surface area (Å²) >= 11 is -0.236. The average Bonchev–Trinajstić information content (AvgIpc) is 2.87.